The van der Waals surface area contributed by atoms with Crippen LogP contribution in [0.2, 0.25) is 0 Å². The van der Waals surface area contributed by atoms with Gasteiger partial charge in [0.05, 0.1) is 6.33 Å². The van der Waals surface area contributed by atoms with Crippen LogP contribution in [0.3, 0.4) is 0 Å². The molecule has 2 aromatic rings. The molecule has 14 heavy (non-hydrogen) atoms. The molecule has 0 amide bonds. The van der Waals surface area contributed by atoms with E-state index in [1.165, 1.54) is 12.7 Å². The van der Waals surface area contributed by atoms with Crippen LogP contribution in [0.15, 0.2) is 17.7 Å². The molecule has 0 saturated heterocycles. The Hall–Kier alpha value is -1.10. The van der Waals surface area contributed by atoms with E-state index in [1.54, 1.807) is 6.33 Å². The molecule has 0 aliphatic carbocycles. The summed E-state index contributed by atoms with van der Waals surface area (Å²) in [6.07, 6.45) is 5.62. The lowest BCUT2D eigenvalue weighted by atomic mass is 10.3. The van der Waals surface area contributed by atoms with Crippen molar-refractivity contribution in [1.82, 2.24) is 19.5 Å². The summed E-state index contributed by atoms with van der Waals surface area (Å²) in [5.74, 6) is 0. The van der Waals surface area contributed by atoms with Crippen molar-refractivity contribution in [3.8, 4) is 0 Å². The lowest BCUT2D eigenvalue weighted by molar-refractivity contribution is 0.641. The predicted octanol–water partition coefficient (Wildman–Crippen LogP) is 1.92. The van der Waals surface area contributed by atoms with Gasteiger partial charge in [-0.2, -0.15) is 0 Å². The fourth-order valence-corrected chi connectivity index (χ4v) is 1.57. The van der Waals surface area contributed by atoms with Gasteiger partial charge in [0.25, 0.3) is 0 Å². The number of imidazole rings is 1. The molecule has 2 aromatic heterocycles. The Morgan fingerprint density at radius 1 is 1.36 bits per heavy atom. The third-order valence-corrected chi connectivity index (χ3v) is 2.46. The van der Waals surface area contributed by atoms with Gasteiger partial charge in [0, 0.05) is 6.54 Å². The highest BCUT2D eigenvalue weighted by Crippen LogP contribution is 2.15. The number of hydrogen-bond donors (Lipinski definition) is 1. The molecule has 2 rings (SSSR count). The molecule has 74 valence electrons. The molecule has 0 N–H and O–H groups in total. The van der Waals surface area contributed by atoms with Crippen molar-refractivity contribution in [1.29, 1.82) is 0 Å². The maximum absolute atomic E-state index is 4.23. The van der Waals surface area contributed by atoms with Gasteiger partial charge >= 0.3 is 0 Å². The van der Waals surface area contributed by atoms with Gasteiger partial charge in [-0.3, -0.25) is 0 Å². The van der Waals surface area contributed by atoms with E-state index in [9.17, 15) is 0 Å². The molecule has 2 heterocycles. The van der Waals surface area contributed by atoms with E-state index in [2.05, 4.69) is 34.5 Å². The number of thiol groups is 1. The third kappa shape index (κ3) is 1.59. The van der Waals surface area contributed by atoms with E-state index >= 15 is 0 Å². The van der Waals surface area contributed by atoms with Crippen LogP contribution in [0.1, 0.15) is 19.8 Å². The van der Waals surface area contributed by atoms with Gasteiger partial charge in [-0.1, -0.05) is 13.3 Å². The van der Waals surface area contributed by atoms with Gasteiger partial charge in [-0.05, 0) is 6.42 Å². The highest BCUT2D eigenvalue weighted by Gasteiger charge is 2.06. The van der Waals surface area contributed by atoms with Crippen molar-refractivity contribution >= 4 is 23.8 Å². The molecular weight excluding hydrogens is 196 g/mol. The summed E-state index contributed by atoms with van der Waals surface area (Å²) in [5, 5.41) is 0.644. The minimum atomic E-state index is 0.644. The van der Waals surface area contributed by atoms with Crippen molar-refractivity contribution in [2.24, 2.45) is 0 Å². The maximum Gasteiger partial charge on any atom is 0.164 e. The largest absolute Gasteiger partial charge is 0.315 e. The van der Waals surface area contributed by atoms with Crippen LogP contribution >= 0.6 is 12.6 Å². The van der Waals surface area contributed by atoms with Gasteiger partial charge in [0.15, 0.2) is 5.65 Å². The molecule has 0 aromatic carbocycles. The van der Waals surface area contributed by atoms with Gasteiger partial charge < -0.3 is 4.57 Å². The monoisotopic (exact) mass is 208 g/mol. The van der Waals surface area contributed by atoms with E-state index in [4.69, 9.17) is 0 Å². The Labute approximate surface area is 87.8 Å². The number of hydrogen-bond acceptors (Lipinski definition) is 4. The number of aryl methyl sites for hydroxylation is 1. The average molecular weight is 208 g/mol. The number of nitrogens with zero attached hydrogens (tertiary/aromatic N) is 4. The second kappa shape index (κ2) is 3.96. The van der Waals surface area contributed by atoms with E-state index in [-0.39, 0.29) is 0 Å². The molecular formula is C9H12N4S. The van der Waals surface area contributed by atoms with Crippen molar-refractivity contribution in [2.75, 3.05) is 0 Å². The van der Waals surface area contributed by atoms with Crippen LogP contribution in [0.25, 0.3) is 11.2 Å². The molecule has 0 atom stereocenters. The molecule has 0 unspecified atom stereocenters. The first-order valence-corrected chi connectivity index (χ1v) is 5.12. The van der Waals surface area contributed by atoms with Crippen molar-refractivity contribution < 1.29 is 0 Å². The first kappa shape index (κ1) is 9.45. The van der Waals surface area contributed by atoms with Crippen molar-refractivity contribution in [3.05, 3.63) is 12.7 Å². The fourth-order valence-electron chi connectivity index (χ4n) is 1.36. The number of unbranched alkanes of at least 4 members (excludes halogenated alkanes) is 1. The molecule has 4 nitrogen and oxygen atoms in total. The van der Waals surface area contributed by atoms with Gasteiger partial charge in [0.2, 0.25) is 0 Å². The van der Waals surface area contributed by atoms with Gasteiger partial charge in [-0.25, -0.2) is 15.0 Å². The molecule has 0 radical (unpaired) electrons. The minimum absolute atomic E-state index is 0.644. The SMILES string of the molecule is CCCCn1cnc2c(S)ncnc21. The van der Waals surface area contributed by atoms with Crippen LogP contribution in [-0.2, 0) is 6.54 Å². The fraction of sp³-hybridized carbons (Fsp3) is 0.444. The Balaban J connectivity index is 2.42. The predicted molar refractivity (Wildman–Crippen MR) is 57.5 cm³/mol. The van der Waals surface area contributed by atoms with Crippen LogP contribution < -0.4 is 0 Å². The Bertz CT molecular complexity index is 437. The zero-order chi connectivity index (χ0) is 9.97. The summed E-state index contributed by atoms with van der Waals surface area (Å²) < 4.78 is 2.04. The number of fused-ring (bicyclic) bond motifs is 1. The second-order valence-electron chi connectivity index (χ2n) is 3.16. The highest BCUT2D eigenvalue weighted by atomic mass is 32.1. The van der Waals surface area contributed by atoms with E-state index in [0.717, 1.165) is 24.1 Å². The minimum Gasteiger partial charge on any atom is -0.315 e. The van der Waals surface area contributed by atoms with Crippen LogP contribution in [0.5, 0.6) is 0 Å². The summed E-state index contributed by atoms with van der Waals surface area (Å²) in [6.45, 7) is 3.12. The summed E-state index contributed by atoms with van der Waals surface area (Å²) in [5.41, 5.74) is 1.66. The Morgan fingerprint density at radius 3 is 3.00 bits per heavy atom. The standard InChI is InChI=1S/C9H12N4S/c1-2-3-4-13-6-12-7-8(13)10-5-11-9(7)14/h5-6H,2-4H2,1H3,(H,10,11,14). The topological polar surface area (TPSA) is 43.6 Å². The van der Waals surface area contributed by atoms with Crippen molar-refractivity contribution in [3.63, 3.8) is 0 Å². The summed E-state index contributed by atoms with van der Waals surface area (Å²) >= 11 is 4.23. The number of rotatable bonds is 3. The molecule has 0 bridgehead atoms. The highest BCUT2D eigenvalue weighted by molar-refractivity contribution is 7.80. The lowest BCUT2D eigenvalue weighted by Crippen LogP contribution is -1.97. The smallest absolute Gasteiger partial charge is 0.164 e. The van der Waals surface area contributed by atoms with E-state index < -0.39 is 0 Å². The summed E-state index contributed by atoms with van der Waals surface area (Å²) in [6, 6.07) is 0. The van der Waals surface area contributed by atoms with E-state index in [1.807, 2.05) is 4.57 Å². The molecule has 0 aliphatic rings. The van der Waals surface area contributed by atoms with Crippen LogP contribution in [0.4, 0.5) is 0 Å². The van der Waals surface area contributed by atoms with Gasteiger partial charge in [-0.15, -0.1) is 12.6 Å². The molecule has 5 heteroatoms. The molecule has 0 spiro atoms. The molecule has 0 fully saturated rings. The van der Waals surface area contributed by atoms with Gasteiger partial charge in [0.1, 0.15) is 16.9 Å². The summed E-state index contributed by atoms with van der Waals surface area (Å²) in [7, 11) is 0. The lowest BCUT2D eigenvalue weighted by Gasteiger charge is -2.00. The Kier molecular flexibility index (Phi) is 2.67. The zero-order valence-corrected chi connectivity index (χ0v) is 8.91. The Morgan fingerprint density at radius 2 is 2.21 bits per heavy atom. The normalized spacial score (nSPS) is 11.0. The molecule has 0 aliphatic heterocycles. The second-order valence-corrected chi connectivity index (χ2v) is 3.58. The maximum atomic E-state index is 4.23. The zero-order valence-electron chi connectivity index (χ0n) is 8.01. The summed E-state index contributed by atoms with van der Waals surface area (Å²) in [4.78, 5) is 12.4. The quantitative estimate of drug-likeness (QED) is 0.619. The third-order valence-electron chi connectivity index (χ3n) is 2.13. The van der Waals surface area contributed by atoms with Crippen LogP contribution in [-0.4, -0.2) is 19.5 Å². The first-order valence-electron chi connectivity index (χ1n) is 4.67. The number of aromatic nitrogens is 4. The average Bonchev–Trinajstić information content (AvgIpc) is 2.60. The van der Waals surface area contributed by atoms with E-state index in [0.29, 0.717) is 5.03 Å². The first-order chi connectivity index (χ1) is 6.83. The van der Waals surface area contributed by atoms with Crippen LogP contribution in [0, 0.1) is 0 Å². The molecule has 0 saturated carbocycles. The van der Waals surface area contributed by atoms with Crippen molar-refractivity contribution in [2.45, 2.75) is 31.3 Å².